The molecule has 1 aromatic carbocycles. The van der Waals surface area contributed by atoms with Gasteiger partial charge in [-0.15, -0.1) is 0 Å². The molecule has 90 heavy (non-hydrogen) atoms. The SMILES string of the molecule is CN[C@@H](CCCCNC(=O)CCOCCOCCOCCOCCOCCCCCOCCOCCOCCOCCOCCOCCNC1O[C@H](C(=O)O)[C@@H](O)[C@H](O)[C@H]1O)C(=O)N[C@H](C(=O)N[C@@H](CC/C=N/C(N)=O)C(=O)Nc1ccc(CO)cc1)C(C)C. The highest BCUT2D eigenvalue weighted by Gasteiger charge is 2.46. The van der Waals surface area contributed by atoms with Crippen molar-refractivity contribution in [2.75, 3.05) is 171 Å². The van der Waals surface area contributed by atoms with Crippen LogP contribution in [-0.2, 0) is 87.4 Å². The van der Waals surface area contributed by atoms with Crippen molar-refractivity contribution >= 4 is 47.5 Å². The van der Waals surface area contributed by atoms with Gasteiger partial charge in [-0.3, -0.25) is 24.5 Å². The summed E-state index contributed by atoms with van der Waals surface area (Å²) < 4.78 is 65.9. The fourth-order valence-electron chi connectivity index (χ4n) is 8.29. The van der Waals surface area contributed by atoms with Gasteiger partial charge in [0.15, 0.2) is 6.10 Å². The molecular formula is C59H104N8O23. The average molecular weight is 1290 g/mol. The number of amides is 6. The molecule has 31 nitrogen and oxygen atoms in total. The van der Waals surface area contributed by atoms with Crippen LogP contribution >= 0.6 is 0 Å². The minimum atomic E-state index is -1.74. The Morgan fingerprint density at radius 3 is 1.52 bits per heavy atom. The van der Waals surface area contributed by atoms with Crippen LogP contribution in [0.25, 0.3) is 0 Å². The Morgan fingerprint density at radius 2 is 1.06 bits per heavy atom. The topological polar surface area (TPSA) is 425 Å². The highest BCUT2D eigenvalue weighted by atomic mass is 16.6. The Bertz CT molecular complexity index is 2070. The molecule has 8 atom stereocenters. The number of carbonyl (C=O) groups excluding carboxylic acids is 5. The number of primary amides is 1. The van der Waals surface area contributed by atoms with Gasteiger partial charge >= 0.3 is 12.0 Å². The number of carbonyl (C=O) groups is 6. The zero-order valence-corrected chi connectivity index (χ0v) is 52.7. The number of carboxylic acids is 1. The Balaban J connectivity index is 1.32. The van der Waals surface area contributed by atoms with Crippen LogP contribution in [0.2, 0.25) is 0 Å². The highest BCUT2D eigenvalue weighted by molar-refractivity contribution is 5.99. The van der Waals surface area contributed by atoms with Crippen molar-refractivity contribution in [3.8, 4) is 0 Å². The lowest BCUT2D eigenvalue weighted by Gasteiger charge is -2.39. The van der Waals surface area contributed by atoms with E-state index in [0.717, 1.165) is 19.3 Å². The van der Waals surface area contributed by atoms with Crippen LogP contribution in [0.1, 0.15) is 77.2 Å². The summed E-state index contributed by atoms with van der Waals surface area (Å²) in [5.74, 6) is -3.43. The van der Waals surface area contributed by atoms with Gasteiger partial charge in [0.25, 0.3) is 0 Å². The van der Waals surface area contributed by atoms with E-state index in [-0.39, 0.29) is 57.5 Å². The molecule has 6 amide bonds. The van der Waals surface area contributed by atoms with E-state index in [2.05, 4.69) is 36.9 Å². The summed E-state index contributed by atoms with van der Waals surface area (Å²) in [4.78, 5) is 78.3. The number of ether oxygens (including phenoxy) is 12. The van der Waals surface area contributed by atoms with E-state index < -0.39 is 78.5 Å². The second-order valence-corrected chi connectivity index (χ2v) is 20.8. The number of carboxylic acid groups (broad SMARTS) is 1. The first-order valence-electron chi connectivity index (χ1n) is 31.0. The van der Waals surface area contributed by atoms with Crippen LogP contribution in [0.4, 0.5) is 10.5 Å². The summed E-state index contributed by atoms with van der Waals surface area (Å²) in [6.45, 7) is 13.3. The number of aliphatic hydroxyl groups excluding tert-OH is 4. The Labute approximate surface area is 528 Å². The van der Waals surface area contributed by atoms with Crippen LogP contribution in [0, 0.1) is 5.92 Å². The van der Waals surface area contributed by atoms with Crippen molar-refractivity contribution in [2.24, 2.45) is 16.6 Å². The maximum absolute atomic E-state index is 13.6. The Morgan fingerprint density at radius 1 is 0.567 bits per heavy atom. The number of hydrogen-bond donors (Lipinski definition) is 12. The van der Waals surface area contributed by atoms with Gasteiger partial charge in [0, 0.05) is 44.6 Å². The maximum Gasteiger partial charge on any atom is 0.337 e. The summed E-state index contributed by atoms with van der Waals surface area (Å²) >= 11 is 0. The number of unbranched alkanes of at least 4 members (excludes halogenated alkanes) is 3. The molecule has 13 N–H and O–H groups in total. The molecule has 2 rings (SSSR count). The predicted molar refractivity (Wildman–Crippen MR) is 327 cm³/mol. The maximum atomic E-state index is 13.6. The molecule has 1 aromatic rings. The van der Waals surface area contributed by atoms with Crippen molar-refractivity contribution in [3.63, 3.8) is 0 Å². The summed E-state index contributed by atoms with van der Waals surface area (Å²) in [7, 11) is 1.65. The van der Waals surface area contributed by atoms with E-state index in [0.29, 0.717) is 169 Å². The first-order valence-corrected chi connectivity index (χ1v) is 31.0. The summed E-state index contributed by atoms with van der Waals surface area (Å²) in [6.07, 6.45) is -1.53. The molecule has 1 aliphatic rings. The summed E-state index contributed by atoms with van der Waals surface area (Å²) in [5.41, 5.74) is 6.19. The van der Waals surface area contributed by atoms with Gasteiger partial charge in [-0.25, -0.2) is 14.6 Å². The standard InChI is InChI=1S/C59H104N8O23/c1-43(2)49(56(75)66-47(11-9-18-64-59(60)78)55(74)65-45-14-12-44(42-68)13-15-45)67-54(73)46(61-3)10-5-6-17-62-48(69)16-22-81-26-30-85-34-38-87-36-32-83-28-24-79-20-7-4-8-21-80-25-29-84-33-37-88-40-41-89-39-35-86-31-27-82-23-19-63-57-52(72)50(70)51(71)53(90-57)58(76)77/h12-15,18,43,46-47,49-53,57,61,63,68,70-72H,4-11,16-17,19-42H2,1-3H3,(H2,60,78)(H,62,69)(H,65,74)(H,66,75)(H,67,73)(H,76,77)/b64-18+/t46-,47-,49-,50-,51-,52+,53-,57?/m0/s1. The lowest BCUT2D eigenvalue weighted by Crippen LogP contribution is -2.63. The van der Waals surface area contributed by atoms with Gasteiger partial charge < -0.3 is 115 Å². The molecule has 518 valence electrons. The van der Waals surface area contributed by atoms with Crippen molar-refractivity contribution in [3.05, 3.63) is 29.8 Å². The number of aliphatic imine (C=N–C) groups is 1. The minimum absolute atomic E-state index is 0.0866. The molecule has 1 fully saturated rings. The van der Waals surface area contributed by atoms with Crippen LogP contribution in [-0.4, -0.2) is 282 Å². The Hall–Kier alpha value is -5.01. The van der Waals surface area contributed by atoms with Gasteiger partial charge in [-0.05, 0) is 82.0 Å². The molecule has 0 spiro atoms. The fourth-order valence-corrected chi connectivity index (χ4v) is 8.29. The van der Waals surface area contributed by atoms with Gasteiger partial charge in [-0.2, -0.15) is 0 Å². The highest BCUT2D eigenvalue weighted by Crippen LogP contribution is 2.20. The number of aliphatic carboxylic acids is 1. The lowest BCUT2D eigenvalue weighted by molar-refractivity contribution is -0.234. The fraction of sp³-hybridized carbons (Fsp3) is 0.780. The molecule has 0 aliphatic carbocycles. The van der Waals surface area contributed by atoms with E-state index in [1.54, 1.807) is 45.2 Å². The molecule has 0 radical (unpaired) electrons. The number of aliphatic hydroxyl groups is 4. The predicted octanol–water partition coefficient (Wildman–Crippen LogP) is -1.23. The third-order valence-electron chi connectivity index (χ3n) is 13.3. The quantitative estimate of drug-likeness (QED) is 0.0268. The van der Waals surface area contributed by atoms with Crippen LogP contribution < -0.4 is 37.6 Å². The lowest BCUT2D eigenvalue weighted by atomic mass is 9.98. The third kappa shape index (κ3) is 40.1. The van der Waals surface area contributed by atoms with Gasteiger partial charge in [0.1, 0.15) is 36.6 Å². The number of hydrogen-bond acceptors (Lipinski definition) is 24. The van der Waals surface area contributed by atoms with Crippen molar-refractivity contribution in [2.45, 2.75) is 127 Å². The monoisotopic (exact) mass is 1290 g/mol. The molecule has 1 unspecified atom stereocenters. The molecule has 1 saturated heterocycles. The van der Waals surface area contributed by atoms with Gasteiger partial charge in [0.05, 0.1) is 145 Å². The van der Waals surface area contributed by atoms with E-state index in [9.17, 15) is 49.2 Å². The van der Waals surface area contributed by atoms with Crippen LogP contribution in [0.15, 0.2) is 29.3 Å². The molecule has 1 heterocycles. The number of nitrogens with one attached hydrogen (secondary N) is 6. The normalized spacial score (nSPS) is 17.7. The number of likely N-dealkylation sites (N-methyl/N-ethyl adjacent to an activating group) is 1. The smallest absolute Gasteiger partial charge is 0.337 e. The number of anilines is 1. The number of nitrogens with two attached hydrogens (primary N) is 1. The molecule has 31 heteroatoms. The largest absolute Gasteiger partial charge is 0.479 e. The van der Waals surface area contributed by atoms with Gasteiger partial charge in [0.2, 0.25) is 23.6 Å². The molecule has 0 bridgehead atoms. The molecular weight excluding hydrogens is 1190 g/mol. The van der Waals surface area contributed by atoms with Crippen molar-refractivity contribution in [1.82, 2.24) is 26.6 Å². The van der Waals surface area contributed by atoms with Crippen LogP contribution in [0.5, 0.6) is 0 Å². The number of rotatable bonds is 58. The zero-order chi connectivity index (χ0) is 65.8. The average Bonchev–Trinajstić information content (AvgIpc) is 1.33. The van der Waals surface area contributed by atoms with Crippen LogP contribution in [0.3, 0.4) is 0 Å². The number of urea groups is 1. The molecule has 0 aromatic heterocycles. The molecule has 1 aliphatic heterocycles. The van der Waals surface area contributed by atoms with Gasteiger partial charge in [-0.1, -0.05) is 26.0 Å². The number of benzene rings is 1. The zero-order valence-electron chi connectivity index (χ0n) is 52.7. The first-order chi connectivity index (χ1) is 43.6. The molecule has 0 saturated carbocycles. The van der Waals surface area contributed by atoms with E-state index in [1.807, 2.05) is 0 Å². The summed E-state index contributed by atoms with van der Waals surface area (Å²) in [6, 6.07) is 3.00. The first kappa shape index (κ1) is 81.1. The number of nitrogens with zero attached hydrogens (tertiary/aromatic N) is 1. The second kappa shape index (κ2) is 53.5. The summed E-state index contributed by atoms with van der Waals surface area (Å²) in [5, 5.41) is 64.9. The van der Waals surface area contributed by atoms with E-state index in [4.69, 9.17) is 67.7 Å². The Kier molecular flexibility index (Phi) is 48.2. The van der Waals surface area contributed by atoms with E-state index in [1.165, 1.54) is 6.21 Å². The van der Waals surface area contributed by atoms with E-state index >= 15 is 0 Å². The van der Waals surface area contributed by atoms with Crippen molar-refractivity contribution in [1.29, 1.82) is 0 Å². The van der Waals surface area contributed by atoms with Crippen molar-refractivity contribution < 1.29 is 111 Å². The second-order valence-electron chi connectivity index (χ2n) is 20.8. The minimum Gasteiger partial charge on any atom is -0.479 e. The third-order valence-corrected chi connectivity index (χ3v) is 13.3.